The third kappa shape index (κ3) is 4.80. The van der Waals surface area contributed by atoms with Crippen LogP contribution in [0.3, 0.4) is 0 Å². The largest absolute Gasteiger partial charge is 0.378 e. The molecule has 2 aliphatic rings. The lowest BCUT2D eigenvalue weighted by molar-refractivity contribution is -0.146. The van der Waals surface area contributed by atoms with E-state index in [1.54, 1.807) is 4.90 Å². The number of morpholine rings is 1. The molecule has 1 atom stereocenters. The monoisotopic (exact) mass is 345 g/mol. The van der Waals surface area contributed by atoms with Crippen molar-refractivity contribution in [3.8, 4) is 0 Å². The molecule has 0 unspecified atom stereocenters. The van der Waals surface area contributed by atoms with E-state index in [2.05, 4.69) is 37.4 Å². The summed E-state index contributed by atoms with van der Waals surface area (Å²) in [4.78, 5) is 28.4. The number of carbonyl (C=O) groups excluding carboxylic acids is 2. The molecule has 136 valence electrons. The Labute approximate surface area is 149 Å². The van der Waals surface area contributed by atoms with Crippen LogP contribution in [0.4, 0.5) is 0 Å². The molecule has 3 rings (SSSR count). The highest BCUT2D eigenvalue weighted by molar-refractivity contribution is 5.86. The predicted molar refractivity (Wildman–Crippen MR) is 95.1 cm³/mol. The summed E-state index contributed by atoms with van der Waals surface area (Å²) in [6.45, 7) is 8.15. The van der Waals surface area contributed by atoms with Gasteiger partial charge in [0.1, 0.15) is 0 Å². The van der Waals surface area contributed by atoms with Crippen LogP contribution >= 0.6 is 0 Å². The number of aryl methyl sites for hydroxylation is 2. The van der Waals surface area contributed by atoms with E-state index in [-0.39, 0.29) is 24.4 Å². The number of carbonyl (C=O) groups is 2. The van der Waals surface area contributed by atoms with Crippen LogP contribution in [0.5, 0.6) is 0 Å². The minimum atomic E-state index is 0.0200. The molecule has 0 saturated carbocycles. The standard InChI is InChI=1S/C19H27N3O3/c1-14-7-15(2)9-16(8-14)11-21-4-5-22(12-19(21)24)18(23)10-17-13-25-6-3-20-17/h7-9,17,20H,3-6,10-13H2,1-2H3/t17-/m1/s1. The van der Waals surface area contributed by atoms with Gasteiger partial charge in [0.15, 0.2) is 0 Å². The second-order valence-corrected chi connectivity index (χ2v) is 7.06. The highest BCUT2D eigenvalue weighted by atomic mass is 16.5. The maximum atomic E-state index is 12.5. The Balaban J connectivity index is 1.53. The van der Waals surface area contributed by atoms with Gasteiger partial charge < -0.3 is 19.9 Å². The molecule has 0 radical (unpaired) electrons. The predicted octanol–water partition coefficient (Wildman–Crippen LogP) is 0.853. The molecule has 2 heterocycles. The Morgan fingerprint density at radius 2 is 2.00 bits per heavy atom. The smallest absolute Gasteiger partial charge is 0.242 e. The third-order valence-electron chi connectivity index (χ3n) is 4.75. The molecule has 0 aliphatic carbocycles. The summed E-state index contributed by atoms with van der Waals surface area (Å²) in [7, 11) is 0. The van der Waals surface area contributed by atoms with E-state index in [9.17, 15) is 9.59 Å². The Kier molecular flexibility index (Phi) is 5.71. The molecule has 1 N–H and O–H groups in total. The minimum absolute atomic E-state index is 0.0200. The van der Waals surface area contributed by atoms with Crippen molar-refractivity contribution in [3.63, 3.8) is 0 Å². The Bertz CT molecular complexity index is 621. The van der Waals surface area contributed by atoms with E-state index in [0.717, 1.165) is 12.1 Å². The van der Waals surface area contributed by atoms with E-state index in [0.29, 0.717) is 39.3 Å². The first-order valence-corrected chi connectivity index (χ1v) is 8.95. The molecule has 1 aromatic rings. The van der Waals surface area contributed by atoms with Crippen LogP contribution in [0.2, 0.25) is 0 Å². The lowest BCUT2D eigenvalue weighted by Crippen LogP contribution is -2.53. The lowest BCUT2D eigenvalue weighted by atomic mass is 10.1. The molecule has 6 nitrogen and oxygen atoms in total. The number of ether oxygens (including phenoxy) is 1. The van der Waals surface area contributed by atoms with Gasteiger partial charge in [-0.15, -0.1) is 0 Å². The van der Waals surface area contributed by atoms with Gasteiger partial charge in [0.25, 0.3) is 0 Å². The topological polar surface area (TPSA) is 61.9 Å². The maximum Gasteiger partial charge on any atom is 0.242 e. The number of piperazine rings is 1. The average molecular weight is 345 g/mol. The second-order valence-electron chi connectivity index (χ2n) is 7.06. The molecule has 2 fully saturated rings. The fraction of sp³-hybridized carbons (Fsp3) is 0.579. The van der Waals surface area contributed by atoms with Crippen molar-refractivity contribution in [3.05, 3.63) is 34.9 Å². The molecule has 25 heavy (non-hydrogen) atoms. The normalized spacial score (nSPS) is 21.5. The molecule has 0 spiro atoms. The van der Waals surface area contributed by atoms with Crippen molar-refractivity contribution in [1.82, 2.24) is 15.1 Å². The zero-order valence-corrected chi connectivity index (χ0v) is 15.1. The summed E-state index contributed by atoms with van der Waals surface area (Å²) in [5.74, 6) is 0.0500. The SMILES string of the molecule is Cc1cc(C)cc(CN2CCN(C(=O)C[C@@H]3COCCN3)CC2=O)c1. The van der Waals surface area contributed by atoms with Crippen LogP contribution in [-0.2, 0) is 20.9 Å². The van der Waals surface area contributed by atoms with Crippen molar-refractivity contribution in [1.29, 1.82) is 0 Å². The summed E-state index contributed by atoms with van der Waals surface area (Å²) in [5.41, 5.74) is 3.56. The third-order valence-corrected chi connectivity index (χ3v) is 4.75. The molecular weight excluding hydrogens is 318 g/mol. The highest BCUT2D eigenvalue weighted by Gasteiger charge is 2.28. The molecule has 0 bridgehead atoms. The highest BCUT2D eigenvalue weighted by Crippen LogP contribution is 2.14. The zero-order valence-electron chi connectivity index (χ0n) is 15.1. The van der Waals surface area contributed by atoms with Crippen molar-refractivity contribution < 1.29 is 14.3 Å². The van der Waals surface area contributed by atoms with Gasteiger partial charge in [0, 0.05) is 38.6 Å². The van der Waals surface area contributed by atoms with Gasteiger partial charge in [0.05, 0.1) is 19.8 Å². The van der Waals surface area contributed by atoms with Crippen molar-refractivity contribution >= 4 is 11.8 Å². The fourth-order valence-corrected chi connectivity index (χ4v) is 3.56. The van der Waals surface area contributed by atoms with Crippen molar-refractivity contribution in [2.24, 2.45) is 0 Å². The minimum Gasteiger partial charge on any atom is -0.378 e. The molecule has 2 aliphatic heterocycles. The van der Waals surface area contributed by atoms with Gasteiger partial charge in [-0.2, -0.15) is 0 Å². The average Bonchev–Trinajstić information content (AvgIpc) is 2.56. The van der Waals surface area contributed by atoms with Crippen LogP contribution in [0.25, 0.3) is 0 Å². The van der Waals surface area contributed by atoms with Gasteiger partial charge in [-0.25, -0.2) is 0 Å². The number of hydrogen-bond donors (Lipinski definition) is 1. The first kappa shape index (κ1) is 17.9. The van der Waals surface area contributed by atoms with Gasteiger partial charge in [-0.3, -0.25) is 9.59 Å². The molecule has 1 aromatic carbocycles. The zero-order chi connectivity index (χ0) is 17.8. The Hall–Kier alpha value is -1.92. The van der Waals surface area contributed by atoms with E-state index >= 15 is 0 Å². The Morgan fingerprint density at radius 1 is 1.24 bits per heavy atom. The van der Waals surface area contributed by atoms with Gasteiger partial charge in [-0.1, -0.05) is 29.3 Å². The summed E-state index contributed by atoms with van der Waals surface area (Å²) in [6.07, 6.45) is 0.393. The molecular formula is C19H27N3O3. The van der Waals surface area contributed by atoms with Crippen LogP contribution in [-0.4, -0.2) is 67.0 Å². The van der Waals surface area contributed by atoms with E-state index in [1.165, 1.54) is 11.1 Å². The van der Waals surface area contributed by atoms with Crippen LogP contribution in [0.1, 0.15) is 23.1 Å². The molecule has 2 saturated heterocycles. The van der Waals surface area contributed by atoms with Crippen LogP contribution in [0, 0.1) is 13.8 Å². The first-order chi connectivity index (χ1) is 12.0. The molecule has 6 heteroatoms. The van der Waals surface area contributed by atoms with Crippen molar-refractivity contribution in [2.75, 3.05) is 39.4 Å². The summed E-state index contributed by atoms with van der Waals surface area (Å²) < 4.78 is 5.39. The number of nitrogens with zero attached hydrogens (tertiary/aromatic N) is 2. The molecule has 2 amide bonds. The van der Waals surface area contributed by atoms with E-state index in [1.807, 2.05) is 4.90 Å². The molecule has 0 aromatic heterocycles. The number of rotatable bonds is 4. The first-order valence-electron chi connectivity index (χ1n) is 8.95. The van der Waals surface area contributed by atoms with Crippen LogP contribution in [0.15, 0.2) is 18.2 Å². The summed E-state index contributed by atoms with van der Waals surface area (Å²) in [5, 5.41) is 3.28. The number of hydrogen-bond acceptors (Lipinski definition) is 4. The lowest BCUT2D eigenvalue weighted by Gasteiger charge is -2.35. The van der Waals surface area contributed by atoms with Crippen LogP contribution < -0.4 is 5.32 Å². The second kappa shape index (κ2) is 7.97. The number of benzene rings is 1. The summed E-state index contributed by atoms with van der Waals surface area (Å²) in [6, 6.07) is 6.42. The van der Waals surface area contributed by atoms with E-state index in [4.69, 9.17) is 4.74 Å². The number of amides is 2. The van der Waals surface area contributed by atoms with Crippen molar-refractivity contribution in [2.45, 2.75) is 32.9 Å². The Morgan fingerprint density at radius 3 is 2.64 bits per heavy atom. The van der Waals surface area contributed by atoms with Gasteiger partial charge >= 0.3 is 0 Å². The van der Waals surface area contributed by atoms with Gasteiger partial charge in [0.2, 0.25) is 11.8 Å². The summed E-state index contributed by atoms with van der Waals surface area (Å²) >= 11 is 0. The quantitative estimate of drug-likeness (QED) is 0.879. The van der Waals surface area contributed by atoms with Gasteiger partial charge in [-0.05, 0) is 19.4 Å². The van der Waals surface area contributed by atoms with E-state index < -0.39 is 0 Å². The number of nitrogens with one attached hydrogen (secondary N) is 1. The fourth-order valence-electron chi connectivity index (χ4n) is 3.56. The maximum absolute atomic E-state index is 12.5.